The number of aliphatic hydroxyl groups excluding tert-OH is 1. The Hall–Kier alpha value is -0.600. The van der Waals surface area contributed by atoms with Crippen molar-refractivity contribution in [2.45, 2.75) is 37.7 Å². The van der Waals surface area contributed by atoms with Crippen LogP contribution in [0.1, 0.15) is 32.1 Å². The van der Waals surface area contributed by atoms with Crippen LogP contribution in [0.3, 0.4) is 0 Å². The number of hydrogen-bond acceptors (Lipinski definition) is 2. The molecule has 0 heterocycles. The maximum atomic E-state index is 10.0. The Kier molecular flexibility index (Phi) is 6.55. The maximum absolute atomic E-state index is 10.0. The summed E-state index contributed by atoms with van der Waals surface area (Å²) < 4.78 is 0. The standard InChI is InChI=1S/C11H20O2/c1-3-7-11(13,8-4-2)9-5-6-10-12/h3-4,12-13H,1-2,5-10H2. The minimum absolute atomic E-state index is 0.193. The van der Waals surface area contributed by atoms with Gasteiger partial charge in [-0.15, -0.1) is 13.2 Å². The van der Waals surface area contributed by atoms with Crippen LogP contribution in [-0.4, -0.2) is 22.4 Å². The molecule has 0 aliphatic carbocycles. The molecule has 0 rings (SSSR count). The zero-order valence-corrected chi connectivity index (χ0v) is 8.21. The van der Waals surface area contributed by atoms with E-state index in [9.17, 15) is 5.11 Å². The molecule has 0 fully saturated rings. The van der Waals surface area contributed by atoms with Gasteiger partial charge in [-0.3, -0.25) is 0 Å². The lowest BCUT2D eigenvalue weighted by Crippen LogP contribution is -2.27. The van der Waals surface area contributed by atoms with Crippen molar-refractivity contribution in [2.24, 2.45) is 0 Å². The molecule has 0 aromatic heterocycles. The fourth-order valence-electron chi connectivity index (χ4n) is 1.39. The predicted octanol–water partition coefficient (Wildman–Crippen LogP) is 2.03. The van der Waals surface area contributed by atoms with Gasteiger partial charge in [0.1, 0.15) is 0 Å². The molecule has 0 unspecified atom stereocenters. The molecule has 2 nitrogen and oxygen atoms in total. The summed E-state index contributed by atoms with van der Waals surface area (Å²) in [6.45, 7) is 7.42. The molecule has 0 saturated heterocycles. The second kappa shape index (κ2) is 6.87. The van der Waals surface area contributed by atoms with Crippen LogP contribution in [0.4, 0.5) is 0 Å². The van der Waals surface area contributed by atoms with E-state index in [1.54, 1.807) is 12.2 Å². The first-order valence-corrected chi connectivity index (χ1v) is 4.73. The Balaban J connectivity index is 3.90. The number of rotatable bonds is 8. The van der Waals surface area contributed by atoms with Crippen molar-refractivity contribution in [2.75, 3.05) is 6.61 Å². The summed E-state index contributed by atoms with van der Waals surface area (Å²) >= 11 is 0. The molecular weight excluding hydrogens is 164 g/mol. The largest absolute Gasteiger partial charge is 0.396 e. The van der Waals surface area contributed by atoms with Crippen molar-refractivity contribution in [1.82, 2.24) is 0 Å². The van der Waals surface area contributed by atoms with E-state index in [-0.39, 0.29) is 6.61 Å². The predicted molar refractivity (Wildman–Crippen MR) is 55.5 cm³/mol. The van der Waals surface area contributed by atoms with Crippen LogP contribution >= 0.6 is 0 Å². The molecule has 0 radical (unpaired) electrons. The summed E-state index contributed by atoms with van der Waals surface area (Å²) in [4.78, 5) is 0. The SMILES string of the molecule is C=CCC(O)(CC=C)CCCCO. The second-order valence-corrected chi connectivity index (χ2v) is 3.39. The van der Waals surface area contributed by atoms with Crippen LogP contribution in [0.2, 0.25) is 0 Å². The second-order valence-electron chi connectivity index (χ2n) is 3.39. The van der Waals surface area contributed by atoms with Crippen molar-refractivity contribution in [3.05, 3.63) is 25.3 Å². The highest BCUT2D eigenvalue weighted by Gasteiger charge is 2.22. The molecular formula is C11H20O2. The van der Waals surface area contributed by atoms with Crippen LogP contribution in [0.15, 0.2) is 25.3 Å². The van der Waals surface area contributed by atoms with E-state index in [4.69, 9.17) is 5.11 Å². The highest BCUT2D eigenvalue weighted by atomic mass is 16.3. The molecule has 0 amide bonds. The van der Waals surface area contributed by atoms with Gasteiger partial charge in [0.05, 0.1) is 5.60 Å². The first-order chi connectivity index (χ1) is 6.18. The third kappa shape index (κ3) is 5.61. The topological polar surface area (TPSA) is 40.5 Å². The van der Waals surface area contributed by atoms with Gasteiger partial charge in [0.2, 0.25) is 0 Å². The fraction of sp³-hybridized carbons (Fsp3) is 0.636. The van der Waals surface area contributed by atoms with Crippen molar-refractivity contribution >= 4 is 0 Å². The lowest BCUT2D eigenvalue weighted by molar-refractivity contribution is 0.0338. The monoisotopic (exact) mass is 184 g/mol. The van der Waals surface area contributed by atoms with E-state index in [0.717, 1.165) is 12.8 Å². The van der Waals surface area contributed by atoms with Gasteiger partial charge >= 0.3 is 0 Å². The third-order valence-corrected chi connectivity index (χ3v) is 2.10. The van der Waals surface area contributed by atoms with Crippen molar-refractivity contribution < 1.29 is 10.2 Å². The number of aliphatic hydroxyl groups is 2. The minimum atomic E-state index is -0.696. The number of hydrogen-bond donors (Lipinski definition) is 2. The van der Waals surface area contributed by atoms with E-state index >= 15 is 0 Å². The normalized spacial score (nSPS) is 11.2. The lowest BCUT2D eigenvalue weighted by Gasteiger charge is -2.25. The van der Waals surface area contributed by atoms with Gasteiger partial charge < -0.3 is 10.2 Å². The van der Waals surface area contributed by atoms with Gasteiger partial charge in [-0.05, 0) is 32.1 Å². The first-order valence-electron chi connectivity index (χ1n) is 4.73. The number of unbranched alkanes of at least 4 members (excludes halogenated alkanes) is 1. The van der Waals surface area contributed by atoms with E-state index in [2.05, 4.69) is 13.2 Å². The zero-order chi connectivity index (χ0) is 10.2. The Bertz CT molecular complexity index is 142. The zero-order valence-electron chi connectivity index (χ0n) is 8.21. The quantitative estimate of drug-likeness (QED) is 0.447. The van der Waals surface area contributed by atoms with E-state index in [1.165, 1.54) is 0 Å². The summed E-state index contributed by atoms with van der Waals surface area (Å²) in [6.07, 6.45) is 6.91. The van der Waals surface area contributed by atoms with E-state index in [1.807, 2.05) is 0 Å². The van der Waals surface area contributed by atoms with Gasteiger partial charge in [0.15, 0.2) is 0 Å². The molecule has 0 bridgehead atoms. The van der Waals surface area contributed by atoms with Gasteiger partial charge in [-0.1, -0.05) is 12.2 Å². The molecule has 2 N–H and O–H groups in total. The van der Waals surface area contributed by atoms with Gasteiger partial charge in [-0.2, -0.15) is 0 Å². The van der Waals surface area contributed by atoms with Crippen LogP contribution in [-0.2, 0) is 0 Å². The molecule has 76 valence electrons. The average molecular weight is 184 g/mol. The van der Waals surface area contributed by atoms with Gasteiger partial charge in [-0.25, -0.2) is 0 Å². The highest BCUT2D eigenvalue weighted by Crippen LogP contribution is 2.23. The molecule has 2 heteroatoms. The lowest BCUT2D eigenvalue weighted by atomic mass is 9.90. The van der Waals surface area contributed by atoms with E-state index < -0.39 is 5.60 Å². The Morgan fingerprint density at radius 1 is 1.08 bits per heavy atom. The smallest absolute Gasteiger partial charge is 0.0716 e. The summed E-state index contributed by atoms with van der Waals surface area (Å²) in [7, 11) is 0. The third-order valence-electron chi connectivity index (χ3n) is 2.10. The summed E-state index contributed by atoms with van der Waals surface area (Å²) in [6, 6.07) is 0. The first kappa shape index (κ1) is 12.4. The minimum Gasteiger partial charge on any atom is -0.396 e. The van der Waals surface area contributed by atoms with Crippen molar-refractivity contribution in [3.8, 4) is 0 Å². The van der Waals surface area contributed by atoms with Crippen LogP contribution < -0.4 is 0 Å². The molecule has 0 aromatic carbocycles. The Labute approximate surface area is 80.6 Å². The molecule has 13 heavy (non-hydrogen) atoms. The molecule has 0 aliphatic heterocycles. The maximum Gasteiger partial charge on any atom is 0.0716 e. The molecule has 0 atom stereocenters. The van der Waals surface area contributed by atoms with Crippen LogP contribution in [0.25, 0.3) is 0 Å². The van der Waals surface area contributed by atoms with Gasteiger partial charge in [0, 0.05) is 6.61 Å². The summed E-state index contributed by atoms with van der Waals surface area (Å²) in [5, 5.41) is 18.6. The Morgan fingerprint density at radius 2 is 1.62 bits per heavy atom. The fourth-order valence-corrected chi connectivity index (χ4v) is 1.39. The summed E-state index contributed by atoms with van der Waals surface area (Å²) in [5.74, 6) is 0. The van der Waals surface area contributed by atoms with Gasteiger partial charge in [0.25, 0.3) is 0 Å². The Morgan fingerprint density at radius 3 is 2.00 bits per heavy atom. The summed E-state index contributed by atoms with van der Waals surface area (Å²) in [5.41, 5.74) is -0.696. The van der Waals surface area contributed by atoms with Crippen LogP contribution in [0, 0.1) is 0 Å². The van der Waals surface area contributed by atoms with Crippen molar-refractivity contribution in [3.63, 3.8) is 0 Å². The molecule has 0 aromatic rings. The van der Waals surface area contributed by atoms with Crippen molar-refractivity contribution in [1.29, 1.82) is 0 Å². The highest BCUT2D eigenvalue weighted by molar-refractivity contribution is 4.91. The average Bonchev–Trinajstić information content (AvgIpc) is 2.05. The molecule has 0 spiro atoms. The molecule has 0 aliphatic rings. The van der Waals surface area contributed by atoms with E-state index in [0.29, 0.717) is 19.3 Å². The molecule has 0 saturated carbocycles. The van der Waals surface area contributed by atoms with Crippen LogP contribution in [0.5, 0.6) is 0 Å².